The summed E-state index contributed by atoms with van der Waals surface area (Å²) in [6.45, 7) is 2.77. The standard InChI is InChI=1S/C15H17Cl2FN2O2/c1-9-4-5-10(7-12(9)18)13(14(16)17)20-15(21)19-8-11-3-2-6-22-11/h4-5,7,11H,2-3,6,8H2,1H3,(H2,19,20,21). The first-order chi connectivity index (χ1) is 10.5. The van der Waals surface area contributed by atoms with Gasteiger partial charge in [-0.05, 0) is 31.4 Å². The molecule has 4 nitrogen and oxygen atoms in total. The molecular weight excluding hydrogens is 330 g/mol. The summed E-state index contributed by atoms with van der Waals surface area (Å²) in [6, 6.07) is 4.03. The van der Waals surface area contributed by atoms with Crippen LogP contribution < -0.4 is 10.6 Å². The first kappa shape index (κ1) is 17.1. The molecule has 7 heteroatoms. The molecule has 0 aliphatic carbocycles. The second kappa shape index (κ2) is 7.81. The third-order valence-corrected chi connectivity index (χ3v) is 3.78. The number of rotatable bonds is 4. The van der Waals surface area contributed by atoms with E-state index in [9.17, 15) is 9.18 Å². The maximum absolute atomic E-state index is 13.6. The Labute approximate surface area is 138 Å². The minimum absolute atomic E-state index is 0.0291. The van der Waals surface area contributed by atoms with Crippen LogP contribution in [0.15, 0.2) is 22.7 Å². The lowest BCUT2D eigenvalue weighted by Gasteiger charge is -2.14. The monoisotopic (exact) mass is 346 g/mol. The molecule has 1 saturated heterocycles. The number of ether oxygens (including phenoxy) is 1. The van der Waals surface area contributed by atoms with Crippen molar-refractivity contribution in [1.29, 1.82) is 0 Å². The molecule has 120 valence electrons. The van der Waals surface area contributed by atoms with Crippen molar-refractivity contribution in [3.8, 4) is 0 Å². The van der Waals surface area contributed by atoms with Crippen LogP contribution in [0.3, 0.4) is 0 Å². The Kier molecular flexibility index (Phi) is 6.06. The summed E-state index contributed by atoms with van der Waals surface area (Å²) in [5.74, 6) is -0.397. The largest absolute Gasteiger partial charge is 0.376 e. The summed E-state index contributed by atoms with van der Waals surface area (Å²) in [7, 11) is 0. The van der Waals surface area contributed by atoms with E-state index in [0.29, 0.717) is 17.7 Å². The molecule has 1 aromatic rings. The van der Waals surface area contributed by atoms with Gasteiger partial charge >= 0.3 is 6.03 Å². The summed E-state index contributed by atoms with van der Waals surface area (Å²) < 4.78 is 18.9. The van der Waals surface area contributed by atoms with Gasteiger partial charge in [0.15, 0.2) is 0 Å². The topological polar surface area (TPSA) is 50.4 Å². The first-order valence-electron chi connectivity index (χ1n) is 6.95. The number of amides is 2. The number of hydrogen-bond acceptors (Lipinski definition) is 2. The van der Waals surface area contributed by atoms with Gasteiger partial charge in [0.05, 0.1) is 11.8 Å². The quantitative estimate of drug-likeness (QED) is 0.872. The fraction of sp³-hybridized carbons (Fsp3) is 0.400. The van der Waals surface area contributed by atoms with Crippen LogP contribution in [0.25, 0.3) is 5.70 Å². The SMILES string of the molecule is Cc1ccc(C(NC(=O)NCC2CCCO2)=C(Cl)Cl)cc1F. The van der Waals surface area contributed by atoms with E-state index in [0.717, 1.165) is 19.4 Å². The molecule has 1 aromatic carbocycles. The lowest BCUT2D eigenvalue weighted by atomic mass is 10.1. The third kappa shape index (κ3) is 4.60. The summed E-state index contributed by atoms with van der Waals surface area (Å²) in [6.07, 6.45) is 1.94. The Morgan fingerprint density at radius 1 is 1.45 bits per heavy atom. The molecule has 0 bridgehead atoms. The molecule has 1 atom stereocenters. The maximum Gasteiger partial charge on any atom is 0.319 e. The lowest BCUT2D eigenvalue weighted by Crippen LogP contribution is -2.39. The maximum atomic E-state index is 13.6. The second-order valence-electron chi connectivity index (χ2n) is 5.07. The van der Waals surface area contributed by atoms with Crippen molar-refractivity contribution in [2.75, 3.05) is 13.2 Å². The highest BCUT2D eigenvalue weighted by Crippen LogP contribution is 2.23. The van der Waals surface area contributed by atoms with E-state index in [1.54, 1.807) is 19.1 Å². The van der Waals surface area contributed by atoms with Gasteiger partial charge in [0, 0.05) is 18.7 Å². The number of carbonyl (C=O) groups excluding carboxylic acids is 1. The predicted molar refractivity (Wildman–Crippen MR) is 85.3 cm³/mol. The van der Waals surface area contributed by atoms with Crippen LogP contribution in [0, 0.1) is 12.7 Å². The number of urea groups is 1. The molecule has 1 aliphatic heterocycles. The van der Waals surface area contributed by atoms with Crippen molar-refractivity contribution in [3.63, 3.8) is 0 Å². The smallest absolute Gasteiger partial charge is 0.319 e. The second-order valence-corrected chi connectivity index (χ2v) is 6.02. The average molecular weight is 347 g/mol. The number of benzene rings is 1. The minimum Gasteiger partial charge on any atom is -0.376 e. The lowest BCUT2D eigenvalue weighted by molar-refractivity contribution is 0.111. The molecule has 2 N–H and O–H groups in total. The zero-order valence-corrected chi connectivity index (χ0v) is 13.6. The molecule has 0 radical (unpaired) electrons. The molecule has 2 amide bonds. The van der Waals surface area contributed by atoms with Gasteiger partial charge in [-0.3, -0.25) is 0 Å². The number of nitrogens with one attached hydrogen (secondary N) is 2. The van der Waals surface area contributed by atoms with Crippen LogP contribution in [0.5, 0.6) is 0 Å². The van der Waals surface area contributed by atoms with Crippen molar-refractivity contribution in [3.05, 3.63) is 39.6 Å². The van der Waals surface area contributed by atoms with E-state index in [4.69, 9.17) is 27.9 Å². The zero-order chi connectivity index (χ0) is 16.1. The molecule has 1 fully saturated rings. The number of carbonyl (C=O) groups is 1. The number of aryl methyl sites for hydroxylation is 1. The van der Waals surface area contributed by atoms with Crippen LogP contribution in [0.4, 0.5) is 9.18 Å². The molecule has 1 aliphatic rings. The van der Waals surface area contributed by atoms with Crippen molar-refractivity contribution in [2.24, 2.45) is 0 Å². The fourth-order valence-electron chi connectivity index (χ4n) is 2.15. The van der Waals surface area contributed by atoms with E-state index in [1.165, 1.54) is 6.07 Å². The molecule has 22 heavy (non-hydrogen) atoms. The van der Waals surface area contributed by atoms with Crippen LogP contribution >= 0.6 is 23.2 Å². The summed E-state index contributed by atoms with van der Waals surface area (Å²) in [5, 5.41) is 5.23. The molecule has 1 unspecified atom stereocenters. The van der Waals surface area contributed by atoms with Crippen molar-refractivity contribution >= 4 is 34.9 Å². The Hall–Kier alpha value is -1.30. The Morgan fingerprint density at radius 2 is 2.23 bits per heavy atom. The Morgan fingerprint density at radius 3 is 2.82 bits per heavy atom. The van der Waals surface area contributed by atoms with Crippen molar-refractivity contribution in [2.45, 2.75) is 25.9 Å². The van der Waals surface area contributed by atoms with E-state index in [1.807, 2.05) is 0 Å². The summed E-state index contributed by atoms with van der Waals surface area (Å²) in [4.78, 5) is 11.9. The van der Waals surface area contributed by atoms with Crippen LogP contribution in [0.2, 0.25) is 0 Å². The average Bonchev–Trinajstić information content (AvgIpc) is 2.98. The van der Waals surface area contributed by atoms with Crippen LogP contribution in [-0.4, -0.2) is 25.3 Å². The van der Waals surface area contributed by atoms with Gasteiger partial charge in [-0.1, -0.05) is 35.3 Å². The minimum atomic E-state index is -0.467. The predicted octanol–water partition coefficient (Wildman–Crippen LogP) is 3.72. The first-order valence-corrected chi connectivity index (χ1v) is 7.71. The van der Waals surface area contributed by atoms with E-state index in [2.05, 4.69) is 10.6 Å². The third-order valence-electron chi connectivity index (χ3n) is 3.40. The fourth-order valence-corrected chi connectivity index (χ4v) is 2.46. The molecule has 0 spiro atoms. The van der Waals surface area contributed by atoms with Gasteiger partial charge in [0.2, 0.25) is 0 Å². The number of hydrogen-bond donors (Lipinski definition) is 2. The highest BCUT2D eigenvalue weighted by Gasteiger charge is 2.17. The van der Waals surface area contributed by atoms with Crippen molar-refractivity contribution < 1.29 is 13.9 Å². The van der Waals surface area contributed by atoms with Gasteiger partial charge in [0.25, 0.3) is 0 Å². The molecular formula is C15H17Cl2FN2O2. The number of halogens is 3. The van der Waals surface area contributed by atoms with Gasteiger partial charge in [-0.2, -0.15) is 0 Å². The van der Waals surface area contributed by atoms with E-state index < -0.39 is 11.8 Å². The van der Waals surface area contributed by atoms with Crippen LogP contribution in [0.1, 0.15) is 24.0 Å². The highest BCUT2D eigenvalue weighted by atomic mass is 35.5. The van der Waals surface area contributed by atoms with Gasteiger partial charge in [0.1, 0.15) is 10.3 Å². The van der Waals surface area contributed by atoms with Crippen molar-refractivity contribution in [1.82, 2.24) is 10.6 Å². The molecule has 2 rings (SSSR count). The van der Waals surface area contributed by atoms with Gasteiger partial charge in [-0.25, -0.2) is 9.18 Å². The molecule has 0 aromatic heterocycles. The summed E-state index contributed by atoms with van der Waals surface area (Å²) >= 11 is 11.6. The normalized spacial score (nSPS) is 17.2. The molecule has 0 saturated carbocycles. The summed E-state index contributed by atoms with van der Waals surface area (Å²) in [5.41, 5.74) is 1.05. The zero-order valence-electron chi connectivity index (χ0n) is 12.1. The Balaban J connectivity index is 2.01. The Bertz CT molecular complexity index is 583. The van der Waals surface area contributed by atoms with E-state index >= 15 is 0 Å². The molecule has 1 heterocycles. The van der Waals surface area contributed by atoms with Crippen LogP contribution in [-0.2, 0) is 4.74 Å². The van der Waals surface area contributed by atoms with E-state index in [-0.39, 0.29) is 16.3 Å². The van der Waals surface area contributed by atoms with Gasteiger partial charge < -0.3 is 15.4 Å². The van der Waals surface area contributed by atoms with Gasteiger partial charge in [-0.15, -0.1) is 0 Å². The highest BCUT2D eigenvalue weighted by molar-refractivity contribution is 6.58.